The summed E-state index contributed by atoms with van der Waals surface area (Å²) in [6, 6.07) is 5.19. The van der Waals surface area contributed by atoms with Crippen LogP contribution in [0.5, 0.6) is 0 Å². The van der Waals surface area contributed by atoms with Crippen molar-refractivity contribution in [3.05, 3.63) is 33.8 Å². The van der Waals surface area contributed by atoms with E-state index in [9.17, 15) is 13.2 Å². The maximum absolute atomic E-state index is 11.8. The molecule has 0 heterocycles. The third-order valence-electron chi connectivity index (χ3n) is 3.17. The Labute approximate surface area is 127 Å². The second-order valence-electron chi connectivity index (χ2n) is 4.77. The number of hydrogen-bond acceptors (Lipinski definition) is 3. The van der Waals surface area contributed by atoms with Crippen molar-refractivity contribution in [3.8, 4) is 0 Å². The van der Waals surface area contributed by atoms with Crippen LogP contribution in [0.3, 0.4) is 0 Å². The predicted octanol–water partition coefficient (Wildman–Crippen LogP) is 1.50. The van der Waals surface area contributed by atoms with E-state index in [1.54, 1.807) is 12.1 Å². The van der Waals surface area contributed by atoms with Crippen LogP contribution in [-0.2, 0) is 14.8 Å². The van der Waals surface area contributed by atoms with Crippen molar-refractivity contribution in [2.45, 2.75) is 12.3 Å². The number of carbonyl (C=O) groups is 1. The van der Waals surface area contributed by atoms with Gasteiger partial charge in [-0.2, -0.15) is 0 Å². The highest BCUT2D eigenvalue weighted by Crippen LogP contribution is 2.49. The predicted molar refractivity (Wildman–Crippen MR) is 78.3 cm³/mol. The summed E-state index contributed by atoms with van der Waals surface area (Å²) in [6.07, 6.45) is 0.697. The number of nitrogens with two attached hydrogens (primary N) is 1. The number of carbonyl (C=O) groups excluding carboxylic acids is 1. The summed E-state index contributed by atoms with van der Waals surface area (Å²) in [5.74, 6) is -0.550. The number of amides is 1. The lowest BCUT2D eigenvalue weighted by atomic mass is 10.1. The van der Waals surface area contributed by atoms with E-state index in [0.29, 0.717) is 16.5 Å². The van der Waals surface area contributed by atoms with Gasteiger partial charge in [0.2, 0.25) is 15.9 Å². The SMILES string of the molecule is NS(=O)(=O)CCNC(=O)[C@@H]1C[C@H]1c1ccc(Cl)cc1Cl. The minimum atomic E-state index is -3.55. The highest BCUT2D eigenvalue weighted by Gasteiger charge is 2.44. The number of sulfonamides is 1. The molecule has 1 amide bonds. The number of primary sulfonamides is 1. The molecule has 2 rings (SSSR count). The monoisotopic (exact) mass is 336 g/mol. The maximum atomic E-state index is 11.8. The lowest BCUT2D eigenvalue weighted by Gasteiger charge is -2.05. The van der Waals surface area contributed by atoms with Crippen LogP contribution in [0.25, 0.3) is 0 Å². The summed E-state index contributed by atoms with van der Waals surface area (Å²) in [7, 11) is -3.55. The first-order chi connectivity index (χ1) is 9.28. The molecule has 1 aromatic rings. The molecule has 110 valence electrons. The molecule has 3 N–H and O–H groups in total. The fraction of sp³-hybridized carbons (Fsp3) is 0.417. The minimum absolute atomic E-state index is 0.0231. The summed E-state index contributed by atoms with van der Waals surface area (Å²) < 4.78 is 21.5. The van der Waals surface area contributed by atoms with Gasteiger partial charge in [-0.15, -0.1) is 0 Å². The van der Waals surface area contributed by atoms with E-state index in [2.05, 4.69) is 5.32 Å². The Balaban J connectivity index is 1.89. The largest absolute Gasteiger partial charge is 0.355 e. The van der Waals surface area contributed by atoms with Gasteiger partial charge in [-0.05, 0) is 30.0 Å². The van der Waals surface area contributed by atoms with Gasteiger partial charge in [0.05, 0.1) is 5.75 Å². The van der Waals surface area contributed by atoms with Gasteiger partial charge >= 0.3 is 0 Å². The topological polar surface area (TPSA) is 89.3 Å². The summed E-state index contributed by atoms with van der Waals surface area (Å²) in [5.41, 5.74) is 0.891. The molecule has 0 spiro atoms. The van der Waals surface area contributed by atoms with Crippen molar-refractivity contribution in [1.29, 1.82) is 0 Å². The van der Waals surface area contributed by atoms with E-state index < -0.39 is 10.0 Å². The highest BCUT2D eigenvalue weighted by molar-refractivity contribution is 7.89. The molecule has 0 unspecified atom stereocenters. The third kappa shape index (κ3) is 4.09. The lowest BCUT2D eigenvalue weighted by molar-refractivity contribution is -0.122. The van der Waals surface area contributed by atoms with Gasteiger partial charge in [0.1, 0.15) is 0 Å². The maximum Gasteiger partial charge on any atom is 0.223 e. The van der Waals surface area contributed by atoms with E-state index in [-0.39, 0.29) is 30.0 Å². The fourth-order valence-corrected chi connectivity index (χ4v) is 3.01. The molecule has 0 radical (unpaired) electrons. The van der Waals surface area contributed by atoms with Crippen LogP contribution in [0.4, 0.5) is 0 Å². The summed E-state index contributed by atoms with van der Waals surface area (Å²) in [6.45, 7) is 0.0231. The zero-order valence-electron chi connectivity index (χ0n) is 10.5. The lowest BCUT2D eigenvalue weighted by Crippen LogP contribution is -2.32. The number of rotatable bonds is 5. The molecule has 8 heteroatoms. The van der Waals surface area contributed by atoms with Crippen molar-refractivity contribution in [2.75, 3.05) is 12.3 Å². The zero-order valence-corrected chi connectivity index (χ0v) is 12.8. The molecule has 0 aliphatic heterocycles. The molecule has 5 nitrogen and oxygen atoms in total. The summed E-state index contributed by atoms with van der Waals surface area (Å²) >= 11 is 11.9. The Hall–Kier alpha value is -0.820. The van der Waals surface area contributed by atoms with Gasteiger partial charge in [-0.25, -0.2) is 13.6 Å². The molecule has 0 bridgehead atoms. The molecule has 1 fully saturated rings. The van der Waals surface area contributed by atoms with Crippen LogP contribution in [0.1, 0.15) is 17.9 Å². The summed E-state index contributed by atoms with van der Waals surface area (Å²) in [4.78, 5) is 11.8. The number of halogens is 2. The van der Waals surface area contributed by atoms with Crippen molar-refractivity contribution in [2.24, 2.45) is 11.1 Å². The molecular formula is C12H14Cl2N2O3S. The number of hydrogen-bond donors (Lipinski definition) is 2. The molecule has 0 aromatic heterocycles. The van der Waals surface area contributed by atoms with Crippen LogP contribution >= 0.6 is 23.2 Å². The minimum Gasteiger partial charge on any atom is -0.355 e. The normalized spacial score (nSPS) is 21.6. The molecule has 1 aliphatic rings. The van der Waals surface area contributed by atoms with Gasteiger partial charge in [-0.3, -0.25) is 4.79 Å². The molecule has 1 aliphatic carbocycles. The first-order valence-corrected chi connectivity index (χ1v) is 8.48. The third-order valence-corrected chi connectivity index (χ3v) is 4.51. The fourth-order valence-electron chi connectivity index (χ4n) is 2.08. The van der Waals surface area contributed by atoms with Crippen LogP contribution in [0.15, 0.2) is 18.2 Å². The molecule has 0 saturated heterocycles. The van der Waals surface area contributed by atoms with Crippen LogP contribution < -0.4 is 10.5 Å². The van der Waals surface area contributed by atoms with Crippen molar-refractivity contribution >= 4 is 39.1 Å². The highest BCUT2D eigenvalue weighted by atomic mass is 35.5. The average Bonchev–Trinajstić information content (AvgIpc) is 3.07. The standard InChI is InChI=1S/C12H14Cl2N2O3S/c13-7-1-2-8(11(14)5-7)9-6-10(9)12(17)16-3-4-20(15,18)19/h1-2,5,9-10H,3-4,6H2,(H,16,17)(H2,15,18,19)/t9-,10+/m0/s1. The number of benzene rings is 1. The van der Waals surface area contributed by atoms with Gasteiger partial charge in [0, 0.05) is 22.5 Å². The molecule has 1 saturated carbocycles. The Bertz CT molecular complexity index is 634. The quantitative estimate of drug-likeness (QED) is 0.853. The van der Waals surface area contributed by atoms with Gasteiger partial charge in [0.15, 0.2) is 0 Å². The van der Waals surface area contributed by atoms with Gasteiger partial charge in [-0.1, -0.05) is 29.3 Å². The van der Waals surface area contributed by atoms with Crippen molar-refractivity contribution < 1.29 is 13.2 Å². The van der Waals surface area contributed by atoms with E-state index in [1.165, 1.54) is 0 Å². The molecule has 1 aromatic carbocycles. The Morgan fingerprint density at radius 3 is 2.70 bits per heavy atom. The molecule has 20 heavy (non-hydrogen) atoms. The van der Waals surface area contributed by atoms with Crippen molar-refractivity contribution in [3.63, 3.8) is 0 Å². The first kappa shape index (κ1) is 15.6. The van der Waals surface area contributed by atoms with Crippen LogP contribution in [0.2, 0.25) is 10.0 Å². The van der Waals surface area contributed by atoms with Gasteiger partial charge < -0.3 is 5.32 Å². The Morgan fingerprint density at radius 1 is 1.40 bits per heavy atom. The van der Waals surface area contributed by atoms with E-state index in [1.807, 2.05) is 6.07 Å². The number of nitrogens with one attached hydrogen (secondary N) is 1. The second kappa shape index (κ2) is 5.89. The average molecular weight is 337 g/mol. The zero-order chi connectivity index (χ0) is 14.9. The van der Waals surface area contributed by atoms with E-state index >= 15 is 0 Å². The van der Waals surface area contributed by atoms with Gasteiger partial charge in [0.25, 0.3) is 0 Å². The van der Waals surface area contributed by atoms with Crippen LogP contribution in [-0.4, -0.2) is 26.6 Å². The smallest absolute Gasteiger partial charge is 0.223 e. The second-order valence-corrected chi connectivity index (χ2v) is 7.35. The van der Waals surface area contributed by atoms with Crippen molar-refractivity contribution in [1.82, 2.24) is 5.32 Å². The molecular weight excluding hydrogens is 323 g/mol. The summed E-state index contributed by atoms with van der Waals surface area (Å²) in [5, 5.41) is 8.51. The van der Waals surface area contributed by atoms with Crippen LogP contribution in [0, 0.1) is 5.92 Å². The van der Waals surface area contributed by atoms with E-state index in [4.69, 9.17) is 28.3 Å². The van der Waals surface area contributed by atoms with E-state index in [0.717, 1.165) is 5.56 Å². The first-order valence-electron chi connectivity index (χ1n) is 6.01. The molecule has 2 atom stereocenters. The Kier molecular flexibility index (Phi) is 4.59. The Morgan fingerprint density at radius 2 is 2.10 bits per heavy atom.